The highest BCUT2D eigenvalue weighted by Crippen LogP contribution is 2.45. The highest BCUT2D eigenvalue weighted by atomic mass is 14.8. The van der Waals surface area contributed by atoms with Gasteiger partial charge in [0.25, 0.3) is 0 Å². The summed E-state index contributed by atoms with van der Waals surface area (Å²) in [5, 5.41) is 4.68. The average Bonchev–Trinajstić information content (AvgIpc) is 3.30. The summed E-state index contributed by atoms with van der Waals surface area (Å²) in [6, 6.07) is 71.9. The van der Waals surface area contributed by atoms with Gasteiger partial charge in [-0.1, -0.05) is 182 Å². The smallest absolute Gasteiger partial charge is 0.0973 e. The van der Waals surface area contributed by atoms with Gasteiger partial charge in [-0.3, -0.25) is 0 Å². The Kier molecular flexibility index (Phi) is 8.11. The molecule has 0 amide bonds. The number of aromatic nitrogens is 4. The van der Waals surface area contributed by atoms with E-state index in [9.17, 15) is 0 Å². The van der Waals surface area contributed by atoms with Crippen molar-refractivity contribution in [2.75, 3.05) is 0 Å². The van der Waals surface area contributed by atoms with E-state index in [1.807, 2.05) is 48.5 Å². The summed E-state index contributed by atoms with van der Waals surface area (Å²) in [6.45, 7) is 0. The standard InChI is InChI=1S/C54H34N4/c1-5-17-35(18-6-1)51-53(37-21-9-3-10-22-37)57-47-33-39(29-31-45(47)55-51)49-41-25-13-15-27-43(41)50(44-28-16-14-26-42(44)49)40-30-32-46-48(34-40)58-54(38-23-11-4-12-24-38)52(56-46)36-19-7-2-8-20-36/h1-34H. The van der Waals surface area contributed by atoms with Crippen LogP contribution in [0.2, 0.25) is 0 Å². The molecule has 270 valence electrons. The van der Waals surface area contributed by atoms with Crippen molar-refractivity contribution in [2.24, 2.45) is 0 Å². The first-order valence-corrected chi connectivity index (χ1v) is 19.6. The second-order valence-electron chi connectivity index (χ2n) is 14.6. The van der Waals surface area contributed by atoms with Gasteiger partial charge in [-0.25, -0.2) is 19.9 Å². The van der Waals surface area contributed by atoms with Crippen molar-refractivity contribution in [3.8, 4) is 67.3 Å². The fourth-order valence-corrected chi connectivity index (χ4v) is 8.36. The van der Waals surface area contributed by atoms with E-state index in [-0.39, 0.29) is 0 Å². The molecule has 11 rings (SSSR count). The van der Waals surface area contributed by atoms with E-state index in [2.05, 4.69) is 158 Å². The summed E-state index contributed by atoms with van der Waals surface area (Å²) in [4.78, 5) is 21.2. The van der Waals surface area contributed by atoms with Crippen molar-refractivity contribution in [1.82, 2.24) is 19.9 Å². The van der Waals surface area contributed by atoms with E-state index in [1.165, 1.54) is 32.7 Å². The fraction of sp³-hybridized carbons (Fsp3) is 0. The Bertz CT molecular complexity index is 3030. The van der Waals surface area contributed by atoms with E-state index < -0.39 is 0 Å². The Labute approximate surface area is 335 Å². The van der Waals surface area contributed by atoms with Gasteiger partial charge in [0.05, 0.1) is 44.8 Å². The molecule has 0 atom stereocenters. The molecule has 4 heteroatoms. The molecule has 0 aliphatic carbocycles. The van der Waals surface area contributed by atoms with Gasteiger partial charge >= 0.3 is 0 Å². The Morgan fingerprint density at radius 2 is 0.466 bits per heavy atom. The van der Waals surface area contributed by atoms with Gasteiger partial charge in [-0.15, -0.1) is 0 Å². The largest absolute Gasteiger partial charge is 0.244 e. The van der Waals surface area contributed by atoms with Crippen molar-refractivity contribution in [2.45, 2.75) is 0 Å². The van der Waals surface area contributed by atoms with Gasteiger partial charge in [0.15, 0.2) is 0 Å². The minimum atomic E-state index is 0.852. The zero-order chi connectivity index (χ0) is 38.4. The fourth-order valence-electron chi connectivity index (χ4n) is 8.36. The van der Waals surface area contributed by atoms with Crippen LogP contribution in [0.1, 0.15) is 0 Å². The predicted octanol–water partition coefficient (Wildman–Crippen LogP) is 13.9. The summed E-state index contributed by atoms with van der Waals surface area (Å²) in [5.41, 5.74) is 15.6. The minimum absolute atomic E-state index is 0.852. The molecule has 0 unspecified atom stereocenters. The lowest BCUT2D eigenvalue weighted by molar-refractivity contribution is 1.29. The number of hydrogen-bond acceptors (Lipinski definition) is 4. The van der Waals surface area contributed by atoms with Gasteiger partial charge in [0.1, 0.15) is 0 Å². The van der Waals surface area contributed by atoms with E-state index in [4.69, 9.17) is 19.9 Å². The van der Waals surface area contributed by atoms with Crippen LogP contribution in [0, 0.1) is 0 Å². The molecule has 2 heterocycles. The van der Waals surface area contributed by atoms with Crippen LogP contribution in [0.25, 0.3) is 111 Å². The molecular formula is C54H34N4. The molecule has 11 aromatic rings. The van der Waals surface area contributed by atoms with E-state index in [0.717, 1.165) is 78.2 Å². The lowest BCUT2D eigenvalue weighted by atomic mass is 9.86. The lowest BCUT2D eigenvalue weighted by Gasteiger charge is -2.18. The molecule has 9 aromatic carbocycles. The minimum Gasteiger partial charge on any atom is -0.244 e. The maximum absolute atomic E-state index is 5.34. The summed E-state index contributed by atoms with van der Waals surface area (Å²) in [6.07, 6.45) is 0. The van der Waals surface area contributed by atoms with E-state index >= 15 is 0 Å². The number of fused-ring (bicyclic) bond motifs is 4. The monoisotopic (exact) mass is 738 g/mol. The van der Waals surface area contributed by atoms with Gasteiger partial charge in [-0.2, -0.15) is 0 Å². The molecule has 0 aliphatic heterocycles. The average molecular weight is 739 g/mol. The van der Waals surface area contributed by atoms with E-state index in [0.29, 0.717) is 0 Å². The summed E-state index contributed by atoms with van der Waals surface area (Å²) >= 11 is 0. The number of rotatable bonds is 6. The second-order valence-corrected chi connectivity index (χ2v) is 14.6. The molecule has 2 aromatic heterocycles. The second kappa shape index (κ2) is 14.0. The molecule has 0 saturated heterocycles. The zero-order valence-electron chi connectivity index (χ0n) is 31.4. The number of hydrogen-bond donors (Lipinski definition) is 0. The highest BCUT2D eigenvalue weighted by Gasteiger charge is 2.20. The quantitative estimate of drug-likeness (QED) is 0.159. The molecular weight excluding hydrogens is 705 g/mol. The third-order valence-corrected chi connectivity index (χ3v) is 11.0. The van der Waals surface area contributed by atoms with Crippen molar-refractivity contribution >= 4 is 43.6 Å². The first-order chi connectivity index (χ1) is 28.8. The Morgan fingerprint density at radius 3 is 0.759 bits per heavy atom. The van der Waals surface area contributed by atoms with Gasteiger partial charge < -0.3 is 0 Å². The lowest BCUT2D eigenvalue weighted by Crippen LogP contribution is -1.97. The molecule has 0 spiro atoms. The first-order valence-electron chi connectivity index (χ1n) is 19.6. The van der Waals surface area contributed by atoms with Crippen molar-refractivity contribution < 1.29 is 0 Å². The van der Waals surface area contributed by atoms with Crippen LogP contribution in [0.4, 0.5) is 0 Å². The Morgan fingerprint density at radius 1 is 0.207 bits per heavy atom. The van der Waals surface area contributed by atoms with Gasteiger partial charge in [0, 0.05) is 22.3 Å². The Hall–Kier alpha value is -7.82. The number of nitrogens with zero attached hydrogens (tertiary/aromatic N) is 4. The van der Waals surface area contributed by atoms with Crippen molar-refractivity contribution in [1.29, 1.82) is 0 Å². The summed E-state index contributed by atoms with van der Waals surface area (Å²) in [5.74, 6) is 0. The summed E-state index contributed by atoms with van der Waals surface area (Å²) < 4.78 is 0. The van der Waals surface area contributed by atoms with Crippen LogP contribution in [-0.4, -0.2) is 19.9 Å². The third-order valence-electron chi connectivity index (χ3n) is 11.0. The van der Waals surface area contributed by atoms with Crippen LogP contribution in [0.5, 0.6) is 0 Å². The first kappa shape index (κ1) is 33.5. The Balaban J connectivity index is 1.11. The van der Waals surface area contributed by atoms with Crippen LogP contribution >= 0.6 is 0 Å². The van der Waals surface area contributed by atoms with Crippen molar-refractivity contribution in [3.05, 3.63) is 206 Å². The highest BCUT2D eigenvalue weighted by molar-refractivity contribution is 6.22. The molecule has 0 saturated carbocycles. The third kappa shape index (κ3) is 5.78. The topological polar surface area (TPSA) is 51.6 Å². The number of benzene rings is 9. The maximum atomic E-state index is 5.34. The zero-order valence-corrected chi connectivity index (χ0v) is 31.4. The van der Waals surface area contributed by atoms with Crippen molar-refractivity contribution in [3.63, 3.8) is 0 Å². The molecule has 0 bridgehead atoms. The molecule has 0 aliphatic rings. The molecule has 0 radical (unpaired) electrons. The SMILES string of the molecule is c1ccc(-c2nc3ccc(-c4c5ccccc5c(-c5ccc6nc(-c7ccccc7)c(-c7ccccc7)nc6c5)c5ccccc45)cc3nc2-c2ccccc2)cc1. The molecule has 0 N–H and O–H groups in total. The normalized spacial score (nSPS) is 11.4. The van der Waals surface area contributed by atoms with Crippen LogP contribution < -0.4 is 0 Å². The maximum Gasteiger partial charge on any atom is 0.0973 e. The van der Waals surface area contributed by atoms with Gasteiger partial charge in [-0.05, 0) is 68.1 Å². The summed E-state index contributed by atoms with van der Waals surface area (Å²) in [7, 11) is 0. The molecule has 58 heavy (non-hydrogen) atoms. The van der Waals surface area contributed by atoms with Crippen LogP contribution in [-0.2, 0) is 0 Å². The van der Waals surface area contributed by atoms with Crippen LogP contribution in [0.3, 0.4) is 0 Å². The molecule has 0 fully saturated rings. The predicted molar refractivity (Wildman–Crippen MR) is 240 cm³/mol. The molecule has 4 nitrogen and oxygen atoms in total. The van der Waals surface area contributed by atoms with Crippen LogP contribution in [0.15, 0.2) is 206 Å². The van der Waals surface area contributed by atoms with E-state index in [1.54, 1.807) is 0 Å². The van der Waals surface area contributed by atoms with Gasteiger partial charge in [0.2, 0.25) is 0 Å².